The molecule has 0 bridgehead atoms. The van der Waals surface area contributed by atoms with E-state index in [2.05, 4.69) is 11.8 Å². The first-order valence-electron chi connectivity index (χ1n) is 7.98. The van der Waals surface area contributed by atoms with Crippen LogP contribution in [0.5, 0.6) is 11.5 Å². The second-order valence-electron chi connectivity index (χ2n) is 5.66. The number of likely N-dealkylation sites (tertiary alicyclic amines) is 1. The molecule has 0 radical (unpaired) electrons. The monoisotopic (exact) mass is 307 g/mol. The van der Waals surface area contributed by atoms with Crippen molar-refractivity contribution >= 4 is 5.97 Å². The number of rotatable bonds is 6. The summed E-state index contributed by atoms with van der Waals surface area (Å²) in [5.41, 5.74) is 0.352. The summed E-state index contributed by atoms with van der Waals surface area (Å²) in [7, 11) is 0. The zero-order chi connectivity index (χ0) is 15.9. The lowest BCUT2D eigenvalue weighted by Gasteiger charge is -2.31. The third-order valence-electron chi connectivity index (χ3n) is 3.95. The topological polar surface area (TPSA) is 59.0 Å². The van der Waals surface area contributed by atoms with Gasteiger partial charge in [-0.1, -0.05) is 6.42 Å². The average Bonchev–Trinajstić information content (AvgIpc) is 2.53. The number of hydrogen-bond acceptors (Lipinski definition) is 5. The van der Waals surface area contributed by atoms with Gasteiger partial charge in [0.15, 0.2) is 0 Å². The van der Waals surface area contributed by atoms with Crippen LogP contribution in [0.1, 0.15) is 43.5 Å². The molecule has 0 spiro atoms. The first-order valence-corrected chi connectivity index (χ1v) is 7.98. The van der Waals surface area contributed by atoms with E-state index >= 15 is 0 Å². The normalized spacial score (nSPS) is 17.0. The molecular formula is C17H25NO4. The Labute approximate surface area is 131 Å². The summed E-state index contributed by atoms with van der Waals surface area (Å²) in [6, 6.07) is 4.66. The Morgan fingerprint density at radius 2 is 2.05 bits per heavy atom. The molecule has 1 atom stereocenters. The van der Waals surface area contributed by atoms with Crippen LogP contribution in [0.15, 0.2) is 18.2 Å². The van der Waals surface area contributed by atoms with Gasteiger partial charge in [0.25, 0.3) is 0 Å². The summed E-state index contributed by atoms with van der Waals surface area (Å²) in [4.78, 5) is 14.6. The van der Waals surface area contributed by atoms with Gasteiger partial charge in [-0.05, 0) is 51.9 Å². The van der Waals surface area contributed by atoms with Crippen LogP contribution >= 0.6 is 0 Å². The minimum absolute atomic E-state index is 0.0710. The van der Waals surface area contributed by atoms with Gasteiger partial charge in [0.1, 0.15) is 23.7 Å². The van der Waals surface area contributed by atoms with Gasteiger partial charge in [0.05, 0.1) is 6.61 Å². The van der Waals surface area contributed by atoms with Gasteiger partial charge in [0.2, 0.25) is 0 Å². The molecule has 2 rings (SSSR count). The van der Waals surface area contributed by atoms with Crippen LogP contribution < -0.4 is 4.74 Å². The Hall–Kier alpha value is -1.75. The van der Waals surface area contributed by atoms with Gasteiger partial charge < -0.3 is 14.6 Å². The number of carbonyl (C=O) groups is 1. The van der Waals surface area contributed by atoms with Gasteiger partial charge in [-0.2, -0.15) is 0 Å². The lowest BCUT2D eigenvalue weighted by Crippen LogP contribution is -2.40. The minimum Gasteiger partial charge on any atom is -0.508 e. The zero-order valence-electron chi connectivity index (χ0n) is 13.4. The molecule has 5 heteroatoms. The molecule has 122 valence electrons. The Morgan fingerprint density at radius 1 is 1.32 bits per heavy atom. The lowest BCUT2D eigenvalue weighted by atomic mass is 10.1. The molecule has 22 heavy (non-hydrogen) atoms. The molecule has 1 N–H and O–H groups in total. The van der Waals surface area contributed by atoms with Crippen molar-refractivity contribution in [2.24, 2.45) is 0 Å². The van der Waals surface area contributed by atoms with Crippen LogP contribution in [0.3, 0.4) is 0 Å². The Kier molecular flexibility index (Phi) is 6.07. The number of phenolic OH excluding ortho intramolecular Hbond substituents is 1. The first kappa shape index (κ1) is 16.6. The first-order chi connectivity index (χ1) is 10.6. The quantitative estimate of drug-likeness (QED) is 0.819. The number of benzene rings is 1. The SMILES string of the molecule is CCOc1cc(O)ccc1C(=O)OC[C@H](C)N1CCCCC1. The van der Waals surface area contributed by atoms with Crippen molar-refractivity contribution in [1.29, 1.82) is 0 Å². The number of carbonyl (C=O) groups excluding carboxylic acids is 1. The largest absolute Gasteiger partial charge is 0.508 e. The molecular weight excluding hydrogens is 282 g/mol. The number of phenols is 1. The number of ether oxygens (including phenoxy) is 2. The highest BCUT2D eigenvalue weighted by Gasteiger charge is 2.20. The summed E-state index contributed by atoms with van der Waals surface area (Å²) in [6.45, 7) is 6.85. The fourth-order valence-corrected chi connectivity index (χ4v) is 2.69. The standard InChI is InChI=1S/C17H25NO4/c1-3-21-16-11-14(19)7-8-15(16)17(20)22-12-13(2)18-9-5-4-6-10-18/h7-8,11,13,19H,3-6,9-10,12H2,1-2H3/t13-/m0/s1. The van der Waals surface area contributed by atoms with Crippen molar-refractivity contribution in [2.75, 3.05) is 26.3 Å². The van der Waals surface area contributed by atoms with E-state index in [1.165, 1.54) is 37.5 Å². The summed E-state index contributed by atoms with van der Waals surface area (Å²) in [5.74, 6) is 0.0205. The van der Waals surface area contributed by atoms with Crippen LogP contribution in [0.25, 0.3) is 0 Å². The van der Waals surface area contributed by atoms with Crippen LogP contribution in [0, 0.1) is 0 Å². The van der Waals surface area contributed by atoms with Crippen molar-refractivity contribution in [2.45, 2.75) is 39.2 Å². The molecule has 1 saturated heterocycles. The molecule has 1 aliphatic heterocycles. The second-order valence-corrected chi connectivity index (χ2v) is 5.66. The van der Waals surface area contributed by atoms with Crippen molar-refractivity contribution in [3.63, 3.8) is 0 Å². The maximum atomic E-state index is 12.2. The lowest BCUT2D eigenvalue weighted by molar-refractivity contribution is 0.0343. The molecule has 0 aliphatic carbocycles. The number of aromatic hydroxyl groups is 1. The highest BCUT2D eigenvalue weighted by molar-refractivity contribution is 5.92. The summed E-state index contributed by atoms with van der Waals surface area (Å²) in [5, 5.41) is 9.50. The second kappa shape index (κ2) is 8.03. The number of piperidine rings is 1. The van der Waals surface area contributed by atoms with Crippen LogP contribution in [0.4, 0.5) is 0 Å². The summed E-state index contributed by atoms with van der Waals surface area (Å²) in [6.07, 6.45) is 3.71. The highest BCUT2D eigenvalue weighted by Crippen LogP contribution is 2.25. The predicted molar refractivity (Wildman–Crippen MR) is 84.4 cm³/mol. The molecule has 0 amide bonds. The molecule has 1 aromatic rings. The van der Waals surface area contributed by atoms with E-state index in [9.17, 15) is 9.90 Å². The highest BCUT2D eigenvalue weighted by atomic mass is 16.5. The summed E-state index contributed by atoms with van der Waals surface area (Å²) >= 11 is 0. The van der Waals surface area contributed by atoms with E-state index in [0.29, 0.717) is 24.5 Å². The van der Waals surface area contributed by atoms with Crippen LogP contribution in [0.2, 0.25) is 0 Å². The Morgan fingerprint density at radius 3 is 2.73 bits per heavy atom. The van der Waals surface area contributed by atoms with E-state index in [0.717, 1.165) is 13.1 Å². The van der Waals surface area contributed by atoms with E-state index in [-0.39, 0.29) is 11.8 Å². The van der Waals surface area contributed by atoms with Crippen molar-refractivity contribution in [3.8, 4) is 11.5 Å². The van der Waals surface area contributed by atoms with Crippen molar-refractivity contribution < 1.29 is 19.4 Å². The fraction of sp³-hybridized carbons (Fsp3) is 0.588. The molecule has 1 fully saturated rings. The van der Waals surface area contributed by atoms with E-state index in [1.54, 1.807) is 0 Å². The van der Waals surface area contributed by atoms with Gasteiger partial charge in [-0.3, -0.25) is 4.90 Å². The van der Waals surface area contributed by atoms with E-state index in [1.807, 2.05) is 6.92 Å². The molecule has 0 unspecified atom stereocenters. The van der Waals surface area contributed by atoms with Crippen LogP contribution in [-0.4, -0.2) is 48.3 Å². The van der Waals surface area contributed by atoms with Gasteiger partial charge in [0, 0.05) is 12.1 Å². The van der Waals surface area contributed by atoms with Gasteiger partial charge in [-0.15, -0.1) is 0 Å². The zero-order valence-corrected chi connectivity index (χ0v) is 13.4. The Balaban J connectivity index is 1.94. The molecule has 5 nitrogen and oxygen atoms in total. The number of nitrogens with zero attached hydrogens (tertiary/aromatic N) is 1. The smallest absolute Gasteiger partial charge is 0.341 e. The van der Waals surface area contributed by atoms with Gasteiger partial charge in [-0.25, -0.2) is 4.79 Å². The molecule has 1 heterocycles. The predicted octanol–water partition coefficient (Wildman–Crippen LogP) is 2.82. The molecule has 0 saturated carbocycles. The van der Waals surface area contributed by atoms with Crippen molar-refractivity contribution in [3.05, 3.63) is 23.8 Å². The average molecular weight is 307 g/mol. The number of esters is 1. The number of hydrogen-bond donors (Lipinski definition) is 1. The van der Waals surface area contributed by atoms with E-state index < -0.39 is 5.97 Å². The fourth-order valence-electron chi connectivity index (χ4n) is 2.69. The maximum Gasteiger partial charge on any atom is 0.341 e. The third-order valence-corrected chi connectivity index (χ3v) is 3.95. The maximum absolute atomic E-state index is 12.2. The summed E-state index contributed by atoms with van der Waals surface area (Å²) < 4.78 is 10.8. The van der Waals surface area contributed by atoms with Crippen LogP contribution in [-0.2, 0) is 4.74 Å². The third kappa shape index (κ3) is 4.37. The van der Waals surface area contributed by atoms with Crippen molar-refractivity contribution in [1.82, 2.24) is 4.90 Å². The minimum atomic E-state index is -0.410. The Bertz CT molecular complexity index is 497. The van der Waals surface area contributed by atoms with Gasteiger partial charge >= 0.3 is 5.97 Å². The molecule has 0 aromatic heterocycles. The van der Waals surface area contributed by atoms with E-state index in [4.69, 9.17) is 9.47 Å². The molecule has 1 aromatic carbocycles. The molecule has 1 aliphatic rings.